The van der Waals surface area contributed by atoms with Crippen molar-refractivity contribution < 1.29 is 0 Å². The molecule has 1 N–H and O–H groups in total. The number of aliphatic imine (C=N–C) groups is 1. The van der Waals surface area contributed by atoms with Crippen molar-refractivity contribution in [2.24, 2.45) is 10.9 Å². The molecule has 1 aromatic rings. The summed E-state index contributed by atoms with van der Waals surface area (Å²) in [6.07, 6.45) is 0. The van der Waals surface area contributed by atoms with E-state index in [0.29, 0.717) is 11.2 Å². The minimum atomic E-state index is 0.529. The highest BCUT2D eigenvalue weighted by Crippen LogP contribution is 2.25. The number of hydrogen-bond acceptors (Lipinski definition) is 3. The lowest BCUT2D eigenvalue weighted by Gasteiger charge is -2.36. The summed E-state index contributed by atoms with van der Waals surface area (Å²) >= 11 is 3.94. The van der Waals surface area contributed by atoms with E-state index >= 15 is 0 Å². The molecule has 1 aliphatic heterocycles. The van der Waals surface area contributed by atoms with Gasteiger partial charge in [-0.15, -0.1) is 11.3 Å². The number of rotatable bonds is 4. The molecule has 1 saturated heterocycles. The van der Waals surface area contributed by atoms with Crippen LogP contribution in [0.1, 0.15) is 31.6 Å². The first-order chi connectivity index (χ1) is 10.1. The number of thiophene rings is 1. The third-order valence-corrected chi connectivity index (χ3v) is 6.59. The van der Waals surface area contributed by atoms with E-state index in [-0.39, 0.29) is 0 Å². The number of nitrogens with one attached hydrogen (secondary N) is 1. The number of thioether (sulfide) groups is 1. The van der Waals surface area contributed by atoms with E-state index in [9.17, 15) is 0 Å². The van der Waals surface area contributed by atoms with Crippen LogP contribution in [0, 0.1) is 5.92 Å². The fraction of sp³-hybridized carbons (Fsp3) is 0.688. The van der Waals surface area contributed by atoms with Gasteiger partial charge in [-0.2, -0.15) is 11.8 Å². The van der Waals surface area contributed by atoms with E-state index in [1.54, 1.807) is 0 Å². The second-order valence-electron chi connectivity index (χ2n) is 5.94. The lowest BCUT2D eigenvalue weighted by atomic mass is 10.1. The summed E-state index contributed by atoms with van der Waals surface area (Å²) in [5, 5.41) is 6.42. The smallest absolute Gasteiger partial charge is 0.193 e. The van der Waals surface area contributed by atoms with Crippen molar-refractivity contribution >= 4 is 29.1 Å². The van der Waals surface area contributed by atoms with Crippen molar-refractivity contribution in [3.63, 3.8) is 0 Å². The third-order valence-electron chi connectivity index (χ3n) is 3.94. The highest BCUT2D eigenvalue weighted by molar-refractivity contribution is 8.00. The average molecular weight is 326 g/mol. The zero-order valence-electron chi connectivity index (χ0n) is 13.5. The molecule has 0 spiro atoms. The zero-order valence-corrected chi connectivity index (χ0v) is 15.1. The van der Waals surface area contributed by atoms with Crippen molar-refractivity contribution in [3.05, 3.63) is 22.4 Å². The van der Waals surface area contributed by atoms with Crippen LogP contribution >= 0.6 is 23.1 Å². The lowest BCUT2D eigenvalue weighted by Crippen LogP contribution is -2.49. The van der Waals surface area contributed by atoms with E-state index in [1.165, 1.54) is 10.6 Å². The Balaban J connectivity index is 1.88. The van der Waals surface area contributed by atoms with Crippen LogP contribution in [0.5, 0.6) is 0 Å². The predicted molar refractivity (Wildman–Crippen MR) is 96.8 cm³/mol. The fourth-order valence-corrected chi connectivity index (χ4v) is 4.61. The van der Waals surface area contributed by atoms with E-state index in [4.69, 9.17) is 0 Å². The molecule has 3 nitrogen and oxygen atoms in total. The van der Waals surface area contributed by atoms with Crippen LogP contribution in [0.3, 0.4) is 0 Å². The predicted octanol–water partition coefficient (Wildman–Crippen LogP) is 3.50. The molecular weight excluding hydrogens is 298 g/mol. The minimum Gasteiger partial charge on any atom is -0.356 e. The van der Waals surface area contributed by atoms with E-state index < -0.39 is 0 Å². The summed E-state index contributed by atoms with van der Waals surface area (Å²) in [6.45, 7) is 10.1. The molecule has 5 heteroatoms. The van der Waals surface area contributed by atoms with Gasteiger partial charge in [0.2, 0.25) is 0 Å². The van der Waals surface area contributed by atoms with Crippen molar-refractivity contribution in [1.82, 2.24) is 10.2 Å². The van der Waals surface area contributed by atoms with Gasteiger partial charge < -0.3 is 10.2 Å². The summed E-state index contributed by atoms with van der Waals surface area (Å²) in [6, 6.07) is 4.34. The number of guanidine groups is 1. The maximum atomic E-state index is 4.48. The van der Waals surface area contributed by atoms with Gasteiger partial charge in [0.1, 0.15) is 0 Å². The lowest BCUT2D eigenvalue weighted by molar-refractivity contribution is 0.380. The van der Waals surface area contributed by atoms with Gasteiger partial charge in [0.25, 0.3) is 0 Å². The molecule has 2 unspecified atom stereocenters. The Hall–Kier alpha value is -0.680. The van der Waals surface area contributed by atoms with Crippen molar-refractivity contribution in [1.29, 1.82) is 0 Å². The van der Waals surface area contributed by atoms with Gasteiger partial charge in [0, 0.05) is 48.5 Å². The molecule has 21 heavy (non-hydrogen) atoms. The van der Waals surface area contributed by atoms with Gasteiger partial charge in [-0.25, -0.2) is 0 Å². The molecule has 0 saturated carbocycles. The molecule has 1 aromatic heterocycles. The summed E-state index contributed by atoms with van der Waals surface area (Å²) in [5.74, 6) is 3.51. The van der Waals surface area contributed by atoms with Gasteiger partial charge in [-0.1, -0.05) is 26.8 Å². The van der Waals surface area contributed by atoms with Crippen molar-refractivity contribution in [2.75, 3.05) is 32.4 Å². The number of hydrogen-bond donors (Lipinski definition) is 1. The average Bonchev–Trinajstić information content (AvgIpc) is 3.02. The topological polar surface area (TPSA) is 27.6 Å². The first kappa shape index (κ1) is 16.7. The molecule has 0 bridgehead atoms. The maximum Gasteiger partial charge on any atom is 0.193 e. The first-order valence-electron chi connectivity index (χ1n) is 7.72. The van der Waals surface area contributed by atoms with Gasteiger partial charge in [-0.05, 0) is 17.4 Å². The van der Waals surface area contributed by atoms with Gasteiger partial charge in [0.05, 0.1) is 0 Å². The maximum absolute atomic E-state index is 4.48. The molecule has 1 fully saturated rings. The minimum absolute atomic E-state index is 0.529. The molecule has 1 aliphatic rings. The molecular formula is C16H27N3S2. The van der Waals surface area contributed by atoms with Crippen LogP contribution in [-0.4, -0.2) is 48.5 Å². The molecule has 2 atom stereocenters. The van der Waals surface area contributed by atoms with Gasteiger partial charge >= 0.3 is 0 Å². The van der Waals surface area contributed by atoms with Crippen LogP contribution in [0.15, 0.2) is 22.5 Å². The van der Waals surface area contributed by atoms with Crippen LogP contribution in [0.2, 0.25) is 0 Å². The highest BCUT2D eigenvalue weighted by atomic mass is 32.2. The Kier molecular flexibility index (Phi) is 6.42. The largest absolute Gasteiger partial charge is 0.356 e. The monoisotopic (exact) mass is 325 g/mol. The van der Waals surface area contributed by atoms with E-state index in [2.05, 4.69) is 65.3 Å². The van der Waals surface area contributed by atoms with Crippen LogP contribution in [-0.2, 0) is 0 Å². The molecule has 0 amide bonds. The Morgan fingerprint density at radius 3 is 2.90 bits per heavy atom. The fourth-order valence-electron chi connectivity index (χ4n) is 2.52. The zero-order chi connectivity index (χ0) is 15.2. The number of nitrogens with zero attached hydrogens (tertiary/aromatic N) is 2. The van der Waals surface area contributed by atoms with Crippen molar-refractivity contribution in [2.45, 2.75) is 31.9 Å². The standard InChI is InChI=1S/C16H27N3S2/c1-12(2)15-11-19(7-9-21-15)16(17-4)18-10-13(3)14-6-5-8-20-14/h5-6,8,12-13,15H,7,9-11H2,1-4H3,(H,17,18). The Morgan fingerprint density at radius 1 is 1.48 bits per heavy atom. The van der Waals surface area contributed by atoms with Gasteiger partial charge in [-0.3, -0.25) is 4.99 Å². The first-order valence-corrected chi connectivity index (χ1v) is 9.65. The normalized spacial score (nSPS) is 21.7. The molecule has 2 heterocycles. The Labute approximate surface area is 137 Å². The van der Waals surface area contributed by atoms with Crippen LogP contribution in [0.25, 0.3) is 0 Å². The second kappa shape index (κ2) is 8.08. The molecule has 118 valence electrons. The van der Waals surface area contributed by atoms with E-state index in [0.717, 1.165) is 31.5 Å². The Morgan fingerprint density at radius 2 is 2.29 bits per heavy atom. The molecule has 0 radical (unpaired) electrons. The highest BCUT2D eigenvalue weighted by Gasteiger charge is 2.25. The van der Waals surface area contributed by atoms with Crippen LogP contribution < -0.4 is 5.32 Å². The van der Waals surface area contributed by atoms with Crippen LogP contribution in [0.4, 0.5) is 0 Å². The summed E-state index contributed by atoms with van der Waals surface area (Å²) in [7, 11) is 1.89. The summed E-state index contributed by atoms with van der Waals surface area (Å²) in [5.41, 5.74) is 0. The molecule has 2 rings (SSSR count). The second-order valence-corrected chi connectivity index (χ2v) is 8.27. The third kappa shape index (κ3) is 4.65. The van der Waals surface area contributed by atoms with E-state index in [1.807, 2.05) is 18.4 Å². The van der Waals surface area contributed by atoms with Gasteiger partial charge in [0.15, 0.2) is 5.96 Å². The SMILES string of the molecule is CN=C(NCC(C)c1cccs1)N1CCSC(C(C)C)C1. The molecule has 0 aromatic carbocycles. The molecule has 0 aliphatic carbocycles. The van der Waals surface area contributed by atoms with Crippen molar-refractivity contribution in [3.8, 4) is 0 Å². The Bertz CT molecular complexity index is 442. The summed E-state index contributed by atoms with van der Waals surface area (Å²) < 4.78 is 0. The summed E-state index contributed by atoms with van der Waals surface area (Å²) in [4.78, 5) is 8.34. The quantitative estimate of drug-likeness (QED) is 0.678.